The van der Waals surface area contributed by atoms with Crippen LogP contribution in [0.4, 0.5) is 5.69 Å². The fourth-order valence-corrected chi connectivity index (χ4v) is 2.61. The van der Waals surface area contributed by atoms with Gasteiger partial charge < -0.3 is 10.1 Å². The number of amides is 1. The Bertz CT molecular complexity index is 673. The van der Waals surface area contributed by atoms with Gasteiger partial charge in [0.25, 0.3) is 5.91 Å². The van der Waals surface area contributed by atoms with Gasteiger partial charge in [-0.3, -0.25) is 4.79 Å². The van der Waals surface area contributed by atoms with Crippen LogP contribution in [0.2, 0.25) is 5.02 Å². The smallest absolute Gasteiger partial charge is 0.262 e. The lowest BCUT2D eigenvalue weighted by Gasteiger charge is -2.11. The number of ether oxygens (including phenoxy) is 1. The average Bonchev–Trinajstić information content (AvgIpc) is 2.48. The Hall–Kier alpha value is -1.52. The first-order valence-corrected chi connectivity index (χ1v) is 8.10. The number of hydrogen-bond donors (Lipinski definition) is 1. The van der Waals surface area contributed by atoms with E-state index in [0.29, 0.717) is 22.4 Å². The van der Waals surface area contributed by atoms with Gasteiger partial charge in [-0.2, -0.15) is 0 Å². The molecule has 0 aromatic heterocycles. The predicted octanol–water partition coefficient (Wildman–Crippen LogP) is 5.24. The van der Waals surface area contributed by atoms with Gasteiger partial charge in [-0.1, -0.05) is 53.5 Å². The number of nitrogens with one attached hydrogen (secondary N) is 1. The molecule has 1 N–H and O–H groups in total. The fourth-order valence-electron chi connectivity index (χ4n) is 1.89. The van der Waals surface area contributed by atoms with E-state index in [4.69, 9.17) is 16.3 Å². The second-order valence-corrected chi connectivity index (χ2v) is 6.51. The Morgan fingerprint density at radius 3 is 2.73 bits per heavy atom. The normalized spacial score (nSPS) is 10.6. The summed E-state index contributed by atoms with van der Waals surface area (Å²) in [4.78, 5) is 11.9. The van der Waals surface area contributed by atoms with Crippen LogP contribution in [-0.4, -0.2) is 12.5 Å². The number of rotatable bonds is 5. The monoisotopic (exact) mass is 381 g/mol. The van der Waals surface area contributed by atoms with Crippen LogP contribution in [0.15, 0.2) is 46.9 Å². The first kappa shape index (κ1) is 16.8. The molecule has 0 atom stereocenters. The second-order valence-electron chi connectivity index (χ2n) is 5.19. The molecule has 1 amide bonds. The molecule has 0 aliphatic heterocycles. The molecule has 5 heteroatoms. The summed E-state index contributed by atoms with van der Waals surface area (Å²) in [6.45, 7) is 4.16. The van der Waals surface area contributed by atoms with Crippen LogP contribution in [0.5, 0.6) is 5.75 Å². The third-order valence-corrected chi connectivity index (χ3v) is 3.91. The second kappa shape index (κ2) is 7.65. The van der Waals surface area contributed by atoms with Crippen LogP contribution in [0.1, 0.15) is 25.3 Å². The van der Waals surface area contributed by atoms with E-state index in [2.05, 4.69) is 35.1 Å². The van der Waals surface area contributed by atoms with E-state index in [0.717, 1.165) is 4.47 Å². The van der Waals surface area contributed by atoms with Crippen molar-refractivity contribution in [1.29, 1.82) is 0 Å². The molecule has 0 aliphatic rings. The minimum Gasteiger partial charge on any atom is -0.484 e. The van der Waals surface area contributed by atoms with Crippen molar-refractivity contribution in [2.24, 2.45) is 0 Å². The van der Waals surface area contributed by atoms with E-state index >= 15 is 0 Å². The maximum Gasteiger partial charge on any atom is 0.262 e. The average molecular weight is 383 g/mol. The Kier molecular flexibility index (Phi) is 5.86. The standard InChI is InChI=1S/C17H17BrClNO2/c1-11(2)12-4-3-5-14(8-12)22-10-17(21)20-16-7-6-13(18)9-15(16)19/h3-9,11H,10H2,1-2H3,(H,20,21). The molecule has 0 radical (unpaired) electrons. The summed E-state index contributed by atoms with van der Waals surface area (Å²) in [5.41, 5.74) is 1.74. The highest BCUT2D eigenvalue weighted by atomic mass is 79.9. The SMILES string of the molecule is CC(C)c1cccc(OCC(=O)Nc2ccc(Br)cc2Cl)c1. The fraction of sp³-hybridized carbons (Fsp3) is 0.235. The van der Waals surface area contributed by atoms with Gasteiger partial charge in [0, 0.05) is 4.47 Å². The van der Waals surface area contributed by atoms with Crippen molar-refractivity contribution in [3.05, 3.63) is 57.5 Å². The predicted molar refractivity (Wildman–Crippen MR) is 93.8 cm³/mol. The molecule has 0 bridgehead atoms. The summed E-state index contributed by atoms with van der Waals surface area (Å²) in [5.74, 6) is 0.848. The molecule has 0 saturated carbocycles. The van der Waals surface area contributed by atoms with Crippen LogP contribution >= 0.6 is 27.5 Å². The van der Waals surface area contributed by atoms with Crippen molar-refractivity contribution in [3.8, 4) is 5.75 Å². The van der Waals surface area contributed by atoms with Crippen LogP contribution in [0.3, 0.4) is 0 Å². The lowest BCUT2D eigenvalue weighted by Crippen LogP contribution is -2.20. The third kappa shape index (κ3) is 4.75. The first-order chi connectivity index (χ1) is 10.5. The third-order valence-electron chi connectivity index (χ3n) is 3.10. The summed E-state index contributed by atoms with van der Waals surface area (Å²) < 4.78 is 6.39. The van der Waals surface area contributed by atoms with Crippen molar-refractivity contribution in [2.75, 3.05) is 11.9 Å². The zero-order valence-corrected chi connectivity index (χ0v) is 14.7. The van der Waals surface area contributed by atoms with Crippen LogP contribution in [-0.2, 0) is 4.79 Å². The lowest BCUT2D eigenvalue weighted by atomic mass is 10.0. The molecule has 0 heterocycles. The van der Waals surface area contributed by atoms with Crippen molar-refractivity contribution in [3.63, 3.8) is 0 Å². The minimum absolute atomic E-state index is 0.0616. The highest BCUT2D eigenvalue weighted by Crippen LogP contribution is 2.25. The van der Waals surface area contributed by atoms with Crippen molar-refractivity contribution >= 4 is 39.1 Å². The maximum atomic E-state index is 11.9. The molecule has 0 spiro atoms. The Morgan fingerprint density at radius 2 is 2.05 bits per heavy atom. The maximum absolute atomic E-state index is 11.9. The van der Waals surface area contributed by atoms with Gasteiger partial charge in [0.05, 0.1) is 10.7 Å². The minimum atomic E-state index is -0.251. The van der Waals surface area contributed by atoms with Crippen molar-refractivity contribution in [2.45, 2.75) is 19.8 Å². The largest absolute Gasteiger partial charge is 0.484 e. The molecule has 2 aromatic carbocycles. The Labute approximate surface area is 143 Å². The molecule has 0 aliphatic carbocycles. The van der Waals surface area contributed by atoms with Gasteiger partial charge in [-0.15, -0.1) is 0 Å². The van der Waals surface area contributed by atoms with Gasteiger partial charge in [-0.05, 0) is 41.8 Å². The van der Waals surface area contributed by atoms with E-state index < -0.39 is 0 Å². The van der Waals surface area contributed by atoms with Gasteiger partial charge in [0.2, 0.25) is 0 Å². The number of carbonyl (C=O) groups is 1. The van der Waals surface area contributed by atoms with E-state index in [1.165, 1.54) is 5.56 Å². The highest BCUT2D eigenvalue weighted by Gasteiger charge is 2.08. The van der Waals surface area contributed by atoms with Gasteiger partial charge in [-0.25, -0.2) is 0 Å². The summed E-state index contributed by atoms with van der Waals surface area (Å²) >= 11 is 9.38. The van der Waals surface area contributed by atoms with E-state index in [1.54, 1.807) is 12.1 Å². The Morgan fingerprint density at radius 1 is 1.27 bits per heavy atom. The number of halogens is 2. The van der Waals surface area contributed by atoms with Crippen LogP contribution < -0.4 is 10.1 Å². The number of hydrogen-bond acceptors (Lipinski definition) is 2. The zero-order chi connectivity index (χ0) is 16.1. The van der Waals surface area contributed by atoms with Gasteiger partial charge >= 0.3 is 0 Å². The van der Waals surface area contributed by atoms with E-state index in [1.807, 2.05) is 30.3 Å². The number of benzene rings is 2. The quantitative estimate of drug-likeness (QED) is 0.767. The Balaban J connectivity index is 1.94. The number of carbonyl (C=O) groups excluding carboxylic acids is 1. The summed E-state index contributed by atoms with van der Waals surface area (Å²) in [6.07, 6.45) is 0. The molecule has 2 aromatic rings. The molecule has 0 saturated heterocycles. The topological polar surface area (TPSA) is 38.3 Å². The molecular formula is C17H17BrClNO2. The molecular weight excluding hydrogens is 366 g/mol. The summed E-state index contributed by atoms with van der Waals surface area (Å²) in [7, 11) is 0. The summed E-state index contributed by atoms with van der Waals surface area (Å²) in [5, 5.41) is 3.20. The van der Waals surface area contributed by atoms with E-state index in [9.17, 15) is 4.79 Å². The molecule has 2 rings (SSSR count). The van der Waals surface area contributed by atoms with Crippen molar-refractivity contribution < 1.29 is 9.53 Å². The molecule has 116 valence electrons. The van der Waals surface area contributed by atoms with E-state index in [-0.39, 0.29) is 12.5 Å². The molecule has 0 fully saturated rings. The molecule has 22 heavy (non-hydrogen) atoms. The highest BCUT2D eigenvalue weighted by molar-refractivity contribution is 9.10. The molecule has 3 nitrogen and oxygen atoms in total. The first-order valence-electron chi connectivity index (χ1n) is 6.93. The van der Waals surface area contributed by atoms with Crippen LogP contribution in [0, 0.1) is 0 Å². The van der Waals surface area contributed by atoms with Crippen molar-refractivity contribution in [1.82, 2.24) is 0 Å². The lowest BCUT2D eigenvalue weighted by molar-refractivity contribution is -0.118. The van der Waals surface area contributed by atoms with Gasteiger partial charge in [0.15, 0.2) is 6.61 Å². The number of anilines is 1. The zero-order valence-electron chi connectivity index (χ0n) is 12.4. The molecule has 0 unspecified atom stereocenters. The van der Waals surface area contributed by atoms with Gasteiger partial charge in [0.1, 0.15) is 5.75 Å². The summed E-state index contributed by atoms with van der Waals surface area (Å²) in [6, 6.07) is 13.0. The van der Waals surface area contributed by atoms with Crippen LogP contribution in [0.25, 0.3) is 0 Å².